The van der Waals surface area contributed by atoms with Crippen molar-refractivity contribution in [2.45, 2.75) is 70.8 Å². The molecule has 154 valence electrons. The second kappa shape index (κ2) is 11.3. The van der Waals surface area contributed by atoms with Crippen LogP contribution in [0.5, 0.6) is 5.75 Å². The summed E-state index contributed by atoms with van der Waals surface area (Å²) in [6, 6.07) is 7.78. The summed E-state index contributed by atoms with van der Waals surface area (Å²) in [5.41, 5.74) is 0. The first-order valence-electron chi connectivity index (χ1n) is 9.73. The van der Waals surface area contributed by atoms with E-state index >= 15 is 0 Å². The van der Waals surface area contributed by atoms with Gasteiger partial charge in [-0.2, -0.15) is 0 Å². The molecule has 0 aliphatic carbocycles. The van der Waals surface area contributed by atoms with Crippen LogP contribution >= 0.6 is 23.4 Å². The Bertz CT molecular complexity index is 764. The molecule has 0 spiro atoms. The number of thioether (sulfide) groups is 1. The highest BCUT2D eigenvalue weighted by atomic mass is 35.5. The second-order valence-electron chi connectivity index (χ2n) is 6.62. The summed E-state index contributed by atoms with van der Waals surface area (Å²) in [7, 11) is 0. The predicted molar refractivity (Wildman–Crippen MR) is 114 cm³/mol. The van der Waals surface area contributed by atoms with Gasteiger partial charge in [0.1, 0.15) is 12.4 Å². The van der Waals surface area contributed by atoms with Crippen molar-refractivity contribution in [3.63, 3.8) is 0 Å². The lowest BCUT2D eigenvalue weighted by Crippen LogP contribution is -2.33. The molecule has 0 saturated carbocycles. The molecule has 0 aliphatic rings. The number of rotatable bonds is 11. The van der Waals surface area contributed by atoms with E-state index in [1.165, 1.54) is 11.8 Å². The molecule has 2 rings (SSSR count). The molecule has 1 aromatic heterocycles. The number of amides is 1. The standard InChI is InChI=1S/C20H29ClN4O2S/c1-5-14(4)22-19(26)13-28-20-24-23-18(25(20)15(6-2)7-3)12-27-17-11-9-8-10-16(17)21/h8-11,14-15H,5-7,12-13H2,1-4H3,(H,22,26). The molecule has 0 aliphatic heterocycles. The summed E-state index contributed by atoms with van der Waals surface area (Å²) in [5, 5.41) is 12.9. The van der Waals surface area contributed by atoms with Gasteiger partial charge in [0.05, 0.1) is 10.8 Å². The molecule has 0 fully saturated rings. The number of carbonyl (C=O) groups excluding carboxylic acids is 1. The highest BCUT2D eigenvalue weighted by molar-refractivity contribution is 7.99. The molecule has 0 radical (unpaired) electrons. The Morgan fingerprint density at radius 2 is 1.93 bits per heavy atom. The highest BCUT2D eigenvalue weighted by Gasteiger charge is 2.20. The lowest BCUT2D eigenvalue weighted by molar-refractivity contribution is -0.119. The maximum atomic E-state index is 12.1. The number of hydrogen-bond donors (Lipinski definition) is 1. The summed E-state index contributed by atoms with van der Waals surface area (Å²) >= 11 is 7.58. The summed E-state index contributed by atoms with van der Waals surface area (Å²) in [6.07, 6.45) is 2.80. The number of aromatic nitrogens is 3. The average Bonchev–Trinajstić information content (AvgIpc) is 3.09. The van der Waals surface area contributed by atoms with E-state index in [4.69, 9.17) is 16.3 Å². The van der Waals surface area contributed by atoms with E-state index in [2.05, 4.69) is 33.9 Å². The van der Waals surface area contributed by atoms with Crippen molar-refractivity contribution in [3.8, 4) is 5.75 Å². The maximum absolute atomic E-state index is 12.1. The molecule has 1 unspecified atom stereocenters. The molecule has 1 atom stereocenters. The largest absolute Gasteiger partial charge is 0.484 e. The van der Waals surface area contributed by atoms with Crippen molar-refractivity contribution in [2.24, 2.45) is 0 Å². The smallest absolute Gasteiger partial charge is 0.230 e. The monoisotopic (exact) mass is 424 g/mol. The van der Waals surface area contributed by atoms with Crippen molar-refractivity contribution < 1.29 is 9.53 Å². The molecule has 28 heavy (non-hydrogen) atoms. The topological polar surface area (TPSA) is 69.0 Å². The lowest BCUT2D eigenvalue weighted by atomic mass is 10.2. The normalized spacial score (nSPS) is 12.2. The van der Waals surface area contributed by atoms with Crippen molar-refractivity contribution in [3.05, 3.63) is 35.1 Å². The summed E-state index contributed by atoms with van der Waals surface area (Å²) < 4.78 is 7.96. The van der Waals surface area contributed by atoms with Crippen LogP contribution in [0, 0.1) is 0 Å². The zero-order valence-electron chi connectivity index (χ0n) is 16.9. The first-order chi connectivity index (χ1) is 13.5. The molecule has 1 amide bonds. The zero-order chi connectivity index (χ0) is 20.5. The number of para-hydroxylation sites is 1. The van der Waals surface area contributed by atoms with E-state index < -0.39 is 0 Å². The van der Waals surface area contributed by atoms with Crippen LogP contribution in [0.3, 0.4) is 0 Å². The third-order valence-corrected chi connectivity index (χ3v) is 5.84. The maximum Gasteiger partial charge on any atom is 0.230 e. The Morgan fingerprint density at radius 1 is 1.21 bits per heavy atom. The predicted octanol–water partition coefficient (Wildman–Crippen LogP) is 4.88. The number of nitrogens with zero attached hydrogens (tertiary/aromatic N) is 3. The highest BCUT2D eigenvalue weighted by Crippen LogP contribution is 2.28. The van der Waals surface area contributed by atoms with Gasteiger partial charge in [-0.1, -0.05) is 56.3 Å². The molecule has 2 aromatic rings. The third-order valence-electron chi connectivity index (χ3n) is 4.59. The zero-order valence-corrected chi connectivity index (χ0v) is 18.5. The first kappa shape index (κ1) is 22.6. The van der Waals surface area contributed by atoms with Crippen LogP contribution in [0.25, 0.3) is 0 Å². The number of halogens is 1. The van der Waals surface area contributed by atoms with Gasteiger partial charge in [0, 0.05) is 12.1 Å². The minimum absolute atomic E-state index is 0.00677. The first-order valence-corrected chi connectivity index (χ1v) is 11.1. The summed E-state index contributed by atoms with van der Waals surface area (Å²) in [5.74, 6) is 1.67. The minimum Gasteiger partial charge on any atom is -0.484 e. The Morgan fingerprint density at radius 3 is 2.57 bits per heavy atom. The average molecular weight is 425 g/mol. The number of carbonyl (C=O) groups is 1. The fourth-order valence-electron chi connectivity index (χ4n) is 2.78. The van der Waals surface area contributed by atoms with Gasteiger partial charge in [-0.05, 0) is 38.3 Å². The molecule has 6 nitrogen and oxygen atoms in total. The molecule has 0 saturated heterocycles. The molecule has 1 heterocycles. The molecular weight excluding hydrogens is 396 g/mol. The number of benzene rings is 1. The fraction of sp³-hybridized carbons (Fsp3) is 0.550. The van der Waals surface area contributed by atoms with Crippen LogP contribution in [0.4, 0.5) is 0 Å². The lowest BCUT2D eigenvalue weighted by Gasteiger charge is -2.19. The summed E-state index contributed by atoms with van der Waals surface area (Å²) in [4.78, 5) is 12.1. The molecular formula is C20H29ClN4O2S. The molecule has 1 aromatic carbocycles. The van der Waals surface area contributed by atoms with E-state index in [-0.39, 0.29) is 24.6 Å². The van der Waals surface area contributed by atoms with Gasteiger partial charge < -0.3 is 14.6 Å². The fourth-order valence-corrected chi connectivity index (χ4v) is 3.80. The van der Waals surface area contributed by atoms with Crippen molar-refractivity contribution in [1.82, 2.24) is 20.1 Å². The van der Waals surface area contributed by atoms with Gasteiger partial charge in [0.25, 0.3) is 0 Å². The van der Waals surface area contributed by atoms with Gasteiger partial charge in [-0.3, -0.25) is 4.79 Å². The van der Waals surface area contributed by atoms with Gasteiger partial charge in [0.15, 0.2) is 11.0 Å². The van der Waals surface area contributed by atoms with Gasteiger partial charge in [-0.15, -0.1) is 10.2 Å². The molecule has 0 bridgehead atoms. The number of nitrogens with one attached hydrogen (secondary N) is 1. The van der Waals surface area contributed by atoms with Gasteiger partial charge >= 0.3 is 0 Å². The number of hydrogen-bond acceptors (Lipinski definition) is 5. The van der Waals surface area contributed by atoms with Gasteiger partial charge in [0.2, 0.25) is 5.91 Å². The van der Waals surface area contributed by atoms with E-state index in [0.717, 1.165) is 30.2 Å². The Kier molecular flexibility index (Phi) is 9.12. The summed E-state index contributed by atoms with van der Waals surface area (Å²) in [6.45, 7) is 8.59. The van der Waals surface area contributed by atoms with Crippen LogP contribution in [-0.2, 0) is 11.4 Å². The Balaban J connectivity index is 2.13. The molecule has 1 N–H and O–H groups in total. The van der Waals surface area contributed by atoms with Crippen molar-refractivity contribution in [2.75, 3.05) is 5.75 Å². The van der Waals surface area contributed by atoms with Crippen molar-refractivity contribution in [1.29, 1.82) is 0 Å². The van der Waals surface area contributed by atoms with Crippen LogP contribution in [0.1, 0.15) is 58.8 Å². The Hall–Kier alpha value is -1.73. The van der Waals surface area contributed by atoms with Crippen LogP contribution < -0.4 is 10.1 Å². The minimum atomic E-state index is 0.00677. The van der Waals surface area contributed by atoms with E-state index in [9.17, 15) is 4.79 Å². The SMILES string of the molecule is CCC(C)NC(=O)CSc1nnc(COc2ccccc2Cl)n1C(CC)CC. The third kappa shape index (κ3) is 6.14. The van der Waals surface area contributed by atoms with E-state index in [0.29, 0.717) is 16.5 Å². The number of ether oxygens (including phenoxy) is 1. The quantitative estimate of drug-likeness (QED) is 0.520. The Labute approximate surface area is 176 Å². The van der Waals surface area contributed by atoms with Crippen molar-refractivity contribution >= 4 is 29.3 Å². The van der Waals surface area contributed by atoms with E-state index in [1.54, 1.807) is 6.07 Å². The van der Waals surface area contributed by atoms with Gasteiger partial charge in [-0.25, -0.2) is 0 Å². The molecule has 8 heteroatoms. The van der Waals surface area contributed by atoms with E-state index in [1.807, 2.05) is 32.0 Å². The van der Waals surface area contributed by atoms with Crippen LogP contribution in [0.15, 0.2) is 29.4 Å². The van der Waals surface area contributed by atoms with Crippen LogP contribution in [-0.4, -0.2) is 32.5 Å². The second-order valence-corrected chi connectivity index (χ2v) is 7.97. The van der Waals surface area contributed by atoms with Crippen LogP contribution in [0.2, 0.25) is 5.02 Å².